The van der Waals surface area contributed by atoms with Gasteiger partial charge in [0.1, 0.15) is 22.1 Å². The summed E-state index contributed by atoms with van der Waals surface area (Å²) in [6.07, 6.45) is 6.51. The second-order valence-electron chi connectivity index (χ2n) is 7.65. The lowest BCUT2D eigenvalue weighted by molar-refractivity contribution is 0.0600. The van der Waals surface area contributed by atoms with Gasteiger partial charge in [0.15, 0.2) is 0 Å². The number of methoxy groups -OCH3 is 1. The van der Waals surface area contributed by atoms with E-state index in [9.17, 15) is 4.79 Å². The maximum absolute atomic E-state index is 11.5. The van der Waals surface area contributed by atoms with Crippen LogP contribution in [0.5, 0.6) is 5.75 Å². The Bertz CT molecular complexity index is 860. The molecule has 29 heavy (non-hydrogen) atoms. The minimum Gasteiger partial charge on any atom is -0.494 e. The summed E-state index contributed by atoms with van der Waals surface area (Å²) in [4.78, 5) is 20.6. The third-order valence-electron chi connectivity index (χ3n) is 5.57. The number of benzene rings is 1. The molecule has 0 N–H and O–H groups in total. The van der Waals surface area contributed by atoms with E-state index >= 15 is 0 Å². The average molecular weight is 431 g/mol. The lowest BCUT2D eigenvalue weighted by Gasteiger charge is -2.29. The van der Waals surface area contributed by atoms with Gasteiger partial charge in [-0.3, -0.25) is 0 Å². The van der Waals surface area contributed by atoms with Crippen molar-refractivity contribution in [3.8, 4) is 5.75 Å². The lowest BCUT2D eigenvalue weighted by Crippen LogP contribution is -2.21. The number of fused-ring (bicyclic) bond motifs is 3. The van der Waals surface area contributed by atoms with Gasteiger partial charge < -0.3 is 9.47 Å². The van der Waals surface area contributed by atoms with E-state index in [0.29, 0.717) is 23.3 Å². The fourth-order valence-electron chi connectivity index (χ4n) is 4.05. The number of rotatable bonds is 7. The van der Waals surface area contributed by atoms with Crippen molar-refractivity contribution in [1.82, 2.24) is 9.97 Å². The summed E-state index contributed by atoms with van der Waals surface area (Å²) in [7, 11) is 1.38. The molecule has 0 radical (unpaired) electrons. The Hall–Kier alpha value is -1.73. The van der Waals surface area contributed by atoms with Crippen LogP contribution in [-0.2, 0) is 4.74 Å². The Morgan fingerprint density at radius 1 is 1.24 bits per heavy atom. The Kier molecular flexibility index (Phi) is 6.65. The molecule has 3 atom stereocenters. The van der Waals surface area contributed by atoms with E-state index in [2.05, 4.69) is 16.9 Å². The third kappa shape index (κ3) is 4.72. The fraction of sp³-hybridized carbons (Fsp3) is 0.500. The van der Waals surface area contributed by atoms with E-state index in [1.807, 2.05) is 23.5 Å². The van der Waals surface area contributed by atoms with Gasteiger partial charge in [-0.05, 0) is 49.4 Å². The number of ether oxygens (including phenoxy) is 2. The Balaban J connectivity index is 1.27. The molecule has 1 aromatic carbocycles. The van der Waals surface area contributed by atoms with Crippen LogP contribution in [0.2, 0.25) is 0 Å². The summed E-state index contributed by atoms with van der Waals surface area (Å²) in [5.74, 6) is 2.84. The third-order valence-corrected chi connectivity index (χ3v) is 8.03. The quantitative estimate of drug-likeness (QED) is 0.259. The number of thioether (sulfide) groups is 2. The first kappa shape index (κ1) is 20.5. The Morgan fingerprint density at radius 3 is 2.86 bits per heavy atom. The standard InChI is InChI=1S/C22H26N2O3S2/c1-14-4-9-17-18(12-14)29-21-19(17)20(23-13-24-21)28-11-3-10-27-16-7-5-15(6-8-16)22(25)26-2/h5-8,13-14,17-18H,3-4,9-12H2,1-2H3. The Morgan fingerprint density at radius 2 is 2.07 bits per heavy atom. The summed E-state index contributed by atoms with van der Waals surface area (Å²) in [5, 5.41) is 3.04. The van der Waals surface area contributed by atoms with Gasteiger partial charge in [0.05, 0.1) is 19.3 Å². The second-order valence-corrected chi connectivity index (χ2v) is 9.96. The fourth-order valence-corrected chi connectivity index (χ4v) is 6.72. The highest BCUT2D eigenvalue weighted by Gasteiger charge is 2.40. The number of carbonyl (C=O) groups is 1. The topological polar surface area (TPSA) is 61.3 Å². The van der Waals surface area contributed by atoms with Crippen molar-refractivity contribution < 1.29 is 14.3 Å². The van der Waals surface area contributed by atoms with Crippen molar-refractivity contribution in [3.05, 3.63) is 41.7 Å². The first-order chi connectivity index (χ1) is 14.2. The molecule has 5 nitrogen and oxygen atoms in total. The zero-order valence-electron chi connectivity index (χ0n) is 16.8. The molecule has 1 aliphatic heterocycles. The van der Waals surface area contributed by atoms with Crippen molar-refractivity contribution in [3.63, 3.8) is 0 Å². The van der Waals surface area contributed by atoms with Crippen LogP contribution >= 0.6 is 23.5 Å². The van der Waals surface area contributed by atoms with Crippen LogP contribution in [0.3, 0.4) is 0 Å². The van der Waals surface area contributed by atoms with E-state index < -0.39 is 0 Å². The first-order valence-corrected chi connectivity index (χ1v) is 12.0. The van der Waals surface area contributed by atoms with E-state index in [4.69, 9.17) is 9.47 Å². The maximum Gasteiger partial charge on any atom is 0.337 e. The van der Waals surface area contributed by atoms with Gasteiger partial charge in [-0.15, -0.1) is 23.5 Å². The van der Waals surface area contributed by atoms with Crippen LogP contribution in [-0.4, -0.2) is 40.7 Å². The molecule has 4 rings (SSSR count). The summed E-state index contributed by atoms with van der Waals surface area (Å²) in [5.41, 5.74) is 1.93. The predicted molar refractivity (Wildman–Crippen MR) is 116 cm³/mol. The van der Waals surface area contributed by atoms with Gasteiger partial charge in [-0.25, -0.2) is 14.8 Å². The van der Waals surface area contributed by atoms with E-state index in [-0.39, 0.29) is 5.97 Å². The van der Waals surface area contributed by atoms with Crippen LogP contribution in [0.25, 0.3) is 0 Å². The van der Waals surface area contributed by atoms with Crippen molar-refractivity contribution in [1.29, 1.82) is 0 Å². The minimum absolute atomic E-state index is 0.335. The van der Waals surface area contributed by atoms with Gasteiger partial charge in [-0.1, -0.05) is 13.3 Å². The molecule has 1 saturated carbocycles. The summed E-state index contributed by atoms with van der Waals surface area (Å²) in [6.45, 7) is 3.00. The molecule has 2 aromatic rings. The summed E-state index contributed by atoms with van der Waals surface area (Å²) >= 11 is 3.78. The molecule has 0 saturated heterocycles. The molecule has 1 aliphatic carbocycles. The minimum atomic E-state index is -0.335. The molecule has 0 spiro atoms. The van der Waals surface area contributed by atoms with Gasteiger partial charge in [0, 0.05) is 22.5 Å². The summed E-state index contributed by atoms with van der Waals surface area (Å²) < 4.78 is 10.5. The molecular weight excluding hydrogens is 404 g/mol. The molecule has 2 heterocycles. The number of carbonyl (C=O) groups excluding carboxylic acids is 1. The molecule has 154 valence electrons. The zero-order valence-corrected chi connectivity index (χ0v) is 18.4. The molecule has 0 amide bonds. The molecule has 1 fully saturated rings. The van der Waals surface area contributed by atoms with E-state index in [1.54, 1.807) is 30.6 Å². The lowest BCUT2D eigenvalue weighted by atomic mass is 9.80. The van der Waals surface area contributed by atoms with Crippen molar-refractivity contribution in [2.45, 2.75) is 53.8 Å². The SMILES string of the molecule is COC(=O)c1ccc(OCCCSc2ncnc3c2C2CCC(C)CC2S3)cc1. The van der Waals surface area contributed by atoms with Crippen molar-refractivity contribution >= 4 is 29.5 Å². The molecule has 2 aliphatic rings. The molecule has 1 aromatic heterocycles. The van der Waals surface area contributed by atoms with Crippen LogP contribution in [0.1, 0.15) is 54.4 Å². The van der Waals surface area contributed by atoms with Crippen LogP contribution in [0.4, 0.5) is 0 Å². The molecular formula is C22H26N2O3S2. The normalized spacial score (nSPS) is 22.6. The van der Waals surface area contributed by atoms with E-state index in [0.717, 1.165) is 28.9 Å². The molecule has 7 heteroatoms. The zero-order chi connectivity index (χ0) is 20.2. The van der Waals surface area contributed by atoms with Crippen molar-refractivity contribution in [2.75, 3.05) is 19.5 Å². The van der Waals surface area contributed by atoms with Crippen LogP contribution in [0.15, 0.2) is 40.6 Å². The smallest absolute Gasteiger partial charge is 0.337 e. The van der Waals surface area contributed by atoms with Gasteiger partial charge in [0.25, 0.3) is 0 Å². The average Bonchev–Trinajstić information content (AvgIpc) is 3.11. The predicted octanol–water partition coefficient (Wildman–Crippen LogP) is 5.20. The van der Waals surface area contributed by atoms with Gasteiger partial charge in [0.2, 0.25) is 0 Å². The largest absolute Gasteiger partial charge is 0.494 e. The number of aromatic nitrogens is 2. The number of esters is 1. The van der Waals surface area contributed by atoms with Gasteiger partial charge in [-0.2, -0.15) is 0 Å². The monoisotopic (exact) mass is 430 g/mol. The second kappa shape index (κ2) is 9.39. The van der Waals surface area contributed by atoms with Gasteiger partial charge >= 0.3 is 5.97 Å². The highest BCUT2D eigenvalue weighted by Crippen LogP contribution is 2.54. The first-order valence-electron chi connectivity index (χ1n) is 10.1. The molecule has 0 bridgehead atoms. The summed E-state index contributed by atoms with van der Waals surface area (Å²) in [6, 6.07) is 7.05. The number of nitrogens with zero attached hydrogens (tertiary/aromatic N) is 2. The number of hydrogen-bond acceptors (Lipinski definition) is 7. The van der Waals surface area contributed by atoms with Crippen LogP contribution in [0, 0.1) is 5.92 Å². The maximum atomic E-state index is 11.5. The van der Waals surface area contributed by atoms with Crippen molar-refractivity contribution in [2.24, 2.45) is 5.92 Å². The van der Waals surface area contributed by atoms with E-state index in [1.165, 1.54) is 37.0 Å². The van der Waals surface area contributed by atoms with Crippen LogP contribution < -0.4 is 4.74 Å². The highest BCUT2D eigenvalue weighted by atomic mass is 32.2. The molecule has 3 unspecified atom stereocenters. The Labute approximate surface area is 180 Å². The number of hydrogen-bond donors (Lipinski definition) is 0. The highest BCUT2D eigenvalue weighted by molar-refractivity contribution is 8.00.